The smallest absolute Gasteiger partial charge is 0.309 e. The minimum absolute atomic E-state index is 0.0561. The van der Waals surface area contributed by atoms with E-state index in [1.54, 1.807) is 4.68 Å². The van der Waals surface area contributed by atoms with E-state index in [0.29, 0.717) is 24.4 Å². The van der Waals surface area contributed by atoms with Crippen molar-refractivity contribution in [1.29, 1.82) is 0 Å². The number of hydrogen-bond donors (Lipinski definition) is 2. The first-order valence-corrected chi connectivity index (χ1v) is 4.91. The molecule has 0 amide bonds. The van der Waals surface area contributed by atoms with Crippen LogP contribution < -0.4 is 0 Å². The molecule has 0 spiro atoms. The molecule has 0 unspecified atom stereocenters. The fourth-order valence-electron chi connectivity index (χ4n) is 1.34. The molecule has 0 saturated carbocycles. The van der Waals surface area contributed by atoms with E-state index in [1.807, 2.05) is 0 Å². The quantitative estimate of drug-likeness (QED) is 0.650. The van der Waals surface area contributed by atoms with E-state index < -0.39 is 5.97 Å². The van der Waals surface area contributed by atoms with Crippen LogP contribution in [0.5, 0.6) is 0 Å². The molecule has 0 atom stereocenters. The Hall–Kier alpha value is -1.47. The van der Waals surface area contributed by atoms with Crippen molar-refractivity contribution in [3.05, 3.63) is 11.4 Å². The molecule has 0 saturated heterocycles. The highest BCUT2D eigenvalue weighted by Gasteiger charge is 2.14. The van der Waals surface area contributed by atoms with Crippen molar-refractivity contribution in [2.24, 2.45) is 0 Å². The third-order valence-corrected chi connectivity index (χ3v) is 2.05. The Balaban J connectivity index is 2.82. The Morgan fingerprint density at radius 1 is 1.56 bits per heavy atom. The molecular formula is C9H15N3O4. The fourth-order valence-corrected chi connectivity index (χ4v) is 1.34. The van der Waals surface area contributed by atoms with Crippen LogP contribution in [0.3, 0.4) is 0 Å². The second-order valence-electron chi connectivity index (χ2n) is 3.29. The van der Waals surface area contributed by atoms with Crippen LogP contribution in [0.25, 0.3) is 0 Å². The van der Waals surface area contributed by atoms with Crippen molar-refractivity contribution in [1.82, 2.24) is 15.0 Å². The molecule has 0 bridgehead atoms. The van der Waals surface area contributed by atoms with E-state index in [0.717, 1.165) is 0 Å². The van der Waals surface area contributed by atoms with Crippen molar-refractivity contribution in [3.8, 4) is 0 Å². The van der Waals surface area contributed by atoms with Crippen molar-refractivity contribution >= 4 is 5.97 Å². The molecule has 0 radical (unpaired) electrons. The van der Waals surface area contributed by atoms with Crippen molar-refractivity contribution in [2.45, 2.75) is 26.0 Å². The average molecular weight is 229 g/mol. The van der Waals surface area contributed by atoms with Gasteiger partial charge in [-0.05, 0) is 6.42 Å². The van der Waals surface area contributed by atoms with E-state index in [-0.39, 0.29) is 19.6 Å². The van der Waals surface area contributed by atoms with Crippen molar-refractivity contribution in [3.63, 3.8) is 0 Å². The second kappa shape index (κ2) is 6.19. The van der Waals surface area contributed by atoms with Gasteiger partial charge in [0.05, 0.1) is 24.4 Å². The lowest BCUT2D eigenvalue weighted by Crippen LogP contribution is -2.10. The third kappa shape index (κ3) is 3.28. The van der Waals surface area contributed by atoms with Gasteiger partial charge in [-0.3, -0.25) is 4.79 Å². The lowest BCUT2D eigenvalue weighted by atomic mass is 10.2. The van der Waals surface area contributed by atoms with E-state index in [4.69, 9.17) is 14.9 Å². The Bertz CT molecular complexity index is 351. The lowest BCUT2D eigenvalue weighted by molar-refractivity contribution is -0.136. The van der Waals surface area contributed by atoms with Gasteiger partial charge in [-0.25, -0.2) is 4.68 Å². The largest absolute Gasteiger partial charge is 0.481 e. The van der Waals surface area contributed by atoms with Gasteiger partial charge in [-0.1, -0.05) is 5.21 Å². The number of carboxylic acids is 1. The lowest BCUT2D eigenvalue weighted by Gasteiger charge is -2.05. The van der Waals surface area contributed by atoms with Crippen LogP contribution >= 0.6 is 0 Å². The number of ether oxygens (including phenoxy) is 1. The molecule has 1 aromatic heterocycles. The molecule has 90 valence electrons. The summed E-state index contributed by atoms with van der Waals surface area (Å²) in [6.45, 7) is 0.823. The second-order valence-corrected chi connectivity index (χ2v) is 3.29. The first kappa shape index (κ1) is 12.6. The van der Waals surface area contributed by atoms with Crippen LogP contribution in [0.15, 0.2) is 0 Å². The summed E-state index contributed by atoms with van der Waals surface area (Å²) in [6.07, 6.45) is 0.379. The number of aryl methyl sites for hydroxylation is 1. The zero-order valence-corrected chi connectivity index (χ0v) is 9.09. The summed E-state index contributed by atoms with van der Waals surface area (Å²) in [5.41, 5.74) is 1.06. The summed E-state index contributed by atoms with van der Waals surface area (Å²) in [7, 11) is 1.52. The average Bonchev–Trinajstić information content (AvgIpc) is 2.59. The topological polar surface area (TPSA) is 97.5 Å². The Morgan fingerprint density at radius 3 is 2.88 bits per heavy atom. The fraction of sp³-hybridized carbons (Fsp3) is 0.667. The minimum atomic E-state index is -0.952. The highest BCUT2D eigenvalue weighted by atomic mass is 16.5. The third-order valence-electron chi connectivity index (χ3n) is 2.05. The summed E-state index contributed by atoms with van der Waals surface area (Å²) in [4.78, 5) is 10.6. The SMILES string of the molecule is COCc1c(CC(=O)O)nnn1CCCO. The molecule has 2 N–H and O–H groups in total. The normalized spacial score (nSPS) is 10.6. The van der Waals surface area contributed by atoms with E-state index in [2.05, 4.69) is 10.3 Å². The number of carbonyl (C=O) groups is 1. The van der Waals surface area contributed by atoms with Gasteiger partial charge in [0.1, 0.15) is 0 Å². The molecule has 0 aliphatic heterocycles. The zero-order valence-electron chi connectivity index (χ0n) is 9.09. The minimum Gasteiger partial charge on any atom is -0.481 e. The van der Waals surface area contributed by atoms with Gasteiger partial charge in [0.2, 0.25) is 0 Å². The van der Waals surface area contributed by atoms with E-state index >= 15 is 0 Å². The van der Waals surface area contributed by atoms with Crippen LogP contribution in [-0.4, -0.2) is 44.9 Å². The highest BCUT2D eigenvalue weighted by Crippen LogP contribution is 2.08. The number of methoxy groups -OCH3 is 1. The van der Waals surface area contributed by atoms with Crippen LogP contribution in [0.1, 0.15) is 17.8 Å². The van der Waals surface area contributed by atoms with Crippen LogP contribution in [0.2, 0.25) is 0 Å². The summed E-state index contributed by atoms with van der Waals surface area (Å²) in [5, 5.41) is 25.0. The first-order chi connectivity index (χ1) is 7.69. The van der Waals surface area contributed by atoms with Crippen molar-refractivity contribution in [2.75, 3.05) is 13.7 Å². The number of nitrogens with zero attached hydrogens (tertiary/aromatic N) is 3. The molecule has 0 fully saturated rings. The monoisotopic (exact) mass is 229 g/mol. The first-order valence-electron chi connectivity index (χ1n) is 4.91. The maximum absolute atomic E-state index is 10.6. The predicted molar refractivity (Wildman–Crippen MR) is 53.8 cm³/mol. The van der Waals surface area contributed by atoms with Gasteiger partial charge in [0.15, 0.2) is 0 Å². The van der Waals surface area contributed by atoms with E-state index in [1.165, 1.54) is 7.11 Å². The van der Waals surface area contributed by atoms with Crippen molar-refractivity contribution < 1.29 is 19.7 Å². The summed E-state index contributed by atoms with van der Waals surface area (Å²) in [6, 6.07) is 0. The predicted octanol–water partition coefficient (Wildman–Crippen LogP) is -0.566. The van der Waals surface area contributed by atoms with E-state index in [9.17, 15) is 4.79 Å². The number of aliphatic hydroxyl groups is 1. The molecule has 16 heavy (non-hydrogen) atoms. The van der Waals surface area contributed by atoms with Gasteiger partial charge < -0.3 is 14.9 Å². The molecule has 1 heterocycles. The number of rotatable bonds is 7. The number of carboxylic acid groups (broad SMARTS) is 1. The Morgan fingerprint density at radius 2 is 2.31 bits per heavy atom. The molecule has 0 aliphatic carbocycles. The number of aliphatic carboxylic acids is 1. The number of hydrogen-bond acceptors (Lipinski definition) is 5. The molecular weight excluding hydrogens is 214 g/mol. The Kier molecular flexibility index (Phi) is 4.87. The Labute approximate surface area is 92.6 Å². The molecule has 1 aromatic rings. The molecule has 0 aliphatic rings. The van der Waals surface area contributed by atoms with Gasteiger partial charge >= 0.3 is 5.97 Å². The highest BCUT2D eigenvalue weighted by molar-refractivity contribution is 5.69. The van der Waals surface area contributed by atoms with Gasteiger partial charge in [-0.2, -0.15) is 0 Å². The maximum Gasteiger partial charge on any atom is 0.309 e. The molecule has 7 heteroatoms. The molecule has 1 rings (SSSR count). The van der Waals surface area contributed by atoms with Gasteiger partial charge in [-0.15, -0.1) is 5.10 Å². The van der Waals surface area contributed by atoms with Crippen LogP contribution in [0, 0.1) is 0 Å². The number of aliphatic hydroxyl groups excluding tert-OH is 1. The van der Waals surface area contributed by atoms with Crippen LogP contribution in [-0.2, 0) is 29.1 Å². The summed E-state index contributed by atoms with van der Waals surface area (Å²) >= 11 is 0. The maximum atomic E-state index is 10.6. The van der Waals surface area contributed by atoms with Gasteiger partial charge in [0, 0.05) is 20.3 Å². The zero-order chi connectivity index (χ0) is 12.0. The molecule has 7 nitrogen and oxygen atoms in total. The number of aromatic nitrogens is 3. The standard InChI is InChI=1S/C9H15N3O4/c1-16-6-8-7(5-9(14)15)10-11-12(8)3-2-4-13/h13H,2-6H2,1H3,(H,14,15). The summed E-state index contributed by atoms with van der Waals surface area (Å²) in [5.74, 6) is -0.952. The van der Waals surface area contributed by atoms with Gasteiger partial charge in [0.25, 0.3) is 0 Å². The summed E-state index contributed by atoms with van der Waals surface area (Å²) < 4.78 is 6.54. The van der Waals surface area contributed by atoms with Crippen LogP contribution in [0.4, 0.5) is 0 Å². The molecule has 0 aromatic carbocycles.